The Kier molecular flexibility index (Phi) is 54.6. The van der Waals surface area contributed by atoms with Gasteiger partial charge in [-0.1, -0.05) is 0 Å². The minimum absolute atomic E-state index is 0.394. The molecule has 60 nitrogen and oxygen atoms in total. The summed E-state index contributed by atoms with van der Waals surface area (Å²) in [5.41, 5.74) is 18.6. The molecule has 0 rings (SSSR count). The molecule has 0 spiro atoms. The van der Waals surface area contributed by atoms with Crippen LogP contribution >= 0.6 is 0 Å². The van der Waals surface area contributed by atoms with Crippen molar-refractivity contribution in [3.05, 3.63) is 0 Å². The van der Waals surface area contributed by atoms with Crippen molar-refractivity contribution in [3.8, 4) is 0 Å². The average Bonchev–Trinajstić information content (AvgIpc) is 0.849. The van der Waals surface area contributed by atoms with Crippen molar-refractivity contribution in [1.82, 2.24) is 149 Å². The standard InChI is InChI=1S/C61H100N32O28/c62-1-33(94)66-5-37(98)70-9-41(102)74-13-45(106)78-17-49(110)82-21-53(114)86-25-57(118)90-29-61(30-91-58(119)26-87-54(115)22-83-50(111)18-79-46(107)14-75-42(103)10-71-38(99)6-67-34(95)2-63,31-92-59(120)27-88-55(116)23-84-51(112)19-80-47(108)15-76-43(104)11-72-39(100)7-68-35(96)3-64)32-93-60(121)28-89-56(117)24-85-52(113)20-81-48(109)16-77-44(105)12-73-40(101)8-69-36(97)4-65/h1-32,62-65H2,(H,66,94)(H,67,95)(H,68,96)(H,69,97)(H,70,98)(H,71,99)(H,72,100)(H,73,101)(H,74,102)(H,75,103)(H,76,104)(H,77,105)(H,78,106)(H,79,107)(H,80,108)(H,81,109)(H,82,110)(H,83,111)(H,84,112)(H,85,113)(H,86,114)(H,87,115)(H,88,116)(H,89,117)(H,90,118)(H,91,119)(H,92,120)(H,93,121). The maximum absolute atomic E-state index is 13.5. The van der Waals surface area contributed by atoms with Gasteiger partial charge in [-0.05, 0) is 0 Å². The van der Waals surface area contributed by atoms with Crippen LogP contribution in [-0.2, 0) is 134 Å². The lowest BCUT2D eigenvalue weighted by Crippen LogP contribution is -2.59. The van der Waals surface area contributed by atoms with Gasteiger partial charge in [0.05, 0.1) is 183 Å². The molecule has 0 fully saturated rings. The van der Waals surface area contributed by atoms with Crippen molar-refractivity contribution in [1.29, 1.82) is 0 Å². The molecule has 0 aliphatic carbocycles. The van der Waals surface area contributed by atoms with E-state index in [2.05, 4.69) is 149 Å². The van der Waals surface area contributed by atoms with Gasteiger partial charge in [-0.2, -0.15) is 0 Å². The summed E-state index contributed by atoms with van der Waals surface area (Å²) in [6, 6.07) is 0. The van der Waals surface area contributed by atoms with E-state index in [1.165, 1.54) is 0 Å². The van der Waals surface area contributed by atoms with Crippen LogP contribution in [0.3, 0.4) is 0 Å². The van der Waals surface area contributed by atoms with E-state index in [1.54, 1.807) is 0 Å². The van der Waals surface area contributed by atoms with Gasteiger partial charge in [0.2, 0.25) is 165 Å². The minimum atomic E-state index is -1.88. The van der Waals surface area contributed by atoms with Crippen LogP contribution in [0.25, 0.3) is 0 Å². The first-order valence-corrected chi connectivity index (χ1v) is 35.6. The first-order valence-electron chi connectivity index (χ1n) is 35.6. The molecule has 0 radical (unpaired) electrons. The van der Waals surface area contributed by atoms with Crippen LogP contribution in [0.4, 0.5) is 0 Å². The van der Waals surface area contributed by atoms with E-state index in [4.69, 9.17) is 22.9 Å². The van der Waals surface area contributed by atoms with E-state index in [0.29, 0.717) is 0 Å². The zero-order valence-electron chi connectivity index (χ0n) is 64.9. The minimum Gasteiger partial charge on any atom is -0.354 e. The van der Waals surface area contributed by atoms with E-state index in [1.807, 2.05) is 0 Å². The molecule has 0 saturated carbocycles. The molecule has 60 heteroatoms. The molecule has 121 heavy (non-hydrogen) atoms. The van der Waals surface area contributed by atoms with E-state index in [0.717, 1.165) is 0 Å². The normalized spacial score (nSPS) is 10.1. The molecule has 0 aliphatic rings. The van der Waals surface area contributed by atoms with E-state index >= 15 is 0 Å². The number of hydrogen-bond acceptors (Lipinski definition) is 32. The predicted octanol–water partition coefficient (Wildman–Crippen LogP) is -26.9. The summed E-state index contributed by atoms with van der Waals surface area (Å²) in [5.74, 6) is -24.7. The molecule has 0 unspecified atom stereocenters. The maximum atomic E-state index is 13.5. The SMILES string of the molecule is NCC(=O)NCC(=O)NCC(=O)NCC(=O)NCC(=O)NCC(=O)NCC(=O)NCC(CNC(=O)CNC(=O)CNC(=O)CNC(=O)CNC(=O)CNC(=O)CNC(=O)CN)(CNC(=O)CNC(=O)CNC(=O)CNC(=O)CNC(=O)CNC(=O)CNC(=O)CN)CNC(=O)CNC(=O)CNC(=O)CNC(=O)CNC(=O)CNC(=O)CNC(=O)CN. The quantitative estimate of drug-likeness (QED) is 0.0269. The fourth-order valence-electron chi connectivity index (χ4n) is 7.60. The van der Waals surface area contributed by atoms with Gasteiger partial charge < -0.3 is 172 Å². The Morgan fingerprint density at radius 2 is 0.182 bits per heavy atom. The van der Waals surface area contributed by atoms with Crippen molar-refractivity contribution in [3.63, 3.8) is 0 Å². The lowest BCUT2D eigenvalue weighted by Gasteiger charge is -2.35. The third-order valence-electron chi connectivity index (χ3n) is 14.1. The van der Waals surface area contributed by atoms with Crippen LogP contribution in [0.5, 0.6) is 0 Å². The molecular weight excluding hydrogens is 1630 g/mol. The van der Waals surface area contributed by atoms with Crippen LogP contribution in [0, 0.1) is 5.41 Å². The third kappa shape index (κ3) is 59.4. The largest absolute Gasteiger partial charge is 0.354 e. The highest BCUT2D eigenvalue weighted by Crippen LogP contribution is 2.14. The number of nitrogens with two attached hydrogens (primary N) is 4. The van der Waals surface area contributed by atoms with Crippen molar-refractivity contribution in [2.24, 2.45) is 28.3 Å². The van der Waals surface area contributed by atoms with Crippen molar-refractivity contribution in [2.45, 2.75) is 0 Å². The summed E-state index contributed by atoms with van der Waals surface area (Å²) in [5, 5.41) is 61.3. The predicted molar refractivity (Wildman–Crippen MR) is 403 cm³/mol. The molecule has 0 aromatic heterocycles. The van der Waals surface area contributed by atoms with Crippen molar-refractivity contribution in [2.75, 3.05) is 209 Å². The van der Waals surface area contributed by atoms with Gasteiger partial charge in [0.25, 0.3) is 0 Å². The van der Waals surface area contributed by atoms with Crippen LogP contribution in [0.1, 0.15) is 0 Å². The zero-order valence-corrected chi connectivity index (χ0v) is 64.9. The van der Waals surface area contributed by atoms with Crippen LogP contribution in [0.15, 0.2) is 0 Å². The first-order chi connectivity index (χ1) is 57.3. The number of hydrogen-bond donors (Lipinski definition) is 32. The van der Waals surface area contributed by atoms with Gasteiger partial charge in [0.15, 0.2) is 0 Å². The summed E-state index contributed by atoms with van der Waals surface area (Å²) in [6.45, 7) is -21.4. The Bertz CT molecular complexity index is 3280. The first kappa shape index (κ1) is 106. The van der Waals surface area contributed by atoms with Crippen LogP contribution in [0.2, 0.25) is 0 Å². The van der Waals surface area contributed by atoms with E-state index < -0.39 is 380 Å². The highest BCUT2D eigenvalue weighted by atomic mass is 16.2. The maximum Gasteiger partial charge on any atom is 0.239 e. The van der Waals surface area contributed by atoms with E-state index in [-0.39, 0.29) is 0 Å². The molecule has 36 N–H and O–H groups in total. The highest BCUT2D eigenvalue weighted by molar-refractivity contribution is 5.98. The summed E-state index contributed by atoms with van der Waals surface area (Å²) in [7, 11) is 0. The number of carbonyl (C=O) groups is 28. The monoisotopic (exact) mass is 1730 g/mol. The summed E-state index contributed by atoms with van der Waals surface area (Å²) < 4.78 is 0. The molecule has 0 aromatic carbocycles. The van der Waals surface area contributed by atoms with Gasteiger partial charge >= 0.3 is 0 Å². The number of rotatable bonds is 60. The van der Waals surface area contributed by atoms with Gasteiger partial charge in [0, 0.05) is 31.6 Å². The molecule has 0 aliphatic heterocycles. The molecule has 672 valence electrons. The smallest absolute Gasteiger partial charge is 0.239 e. The Morgan fingerprint density at radius 1 is 0.116 bits per heavy atom. The van der Waals surface area contributed by atoms with E-state index in [9.17, 15) is 134 Å². The van der Waals surface area contributed by atoms with Crippen molar-refractivity contribution < 1.29 is 134 Å². The highest BCUT2D eigenvalue weighted by Gasteiger charge is 2.34. The molecule has 0 atom stereocenters. The van der Waals surface area contributed by atoms with Gasteiger partial charge in [-0.3, -0.25) is 134 Å². The molecule has 0 saturated heterocycles. The second-order valence-corrected chi connectivity index (χ2v) is 24.1. The average molecular weight is 1730 g/mol. The topological polar surface area (TPSA) is 919 Å². The van der Waals surface area contributed by atoms with Gasteiger partial charge in [-0.15, -0.1) is 0 Å². The summed E-state index contributed by atoms with van der Waals surface area (Å²) in [4.78, 5) is 344. The van der Waals surface area contributed by atoms with Gasteiger partial charge in [0.1, 0.15) is 0 Å². The van der Waals surface area contributed by atoms with Crippen LogP contribution in [-0.4, -0.2) is 375 Å². The molecule has 0 heterocycles. The summed E-state index contributed by atoms with van der Waals surface area (Å²) >= 11 is 0. The molecule has 28 amide bonds. The fraction of sp³-hybridized carbons (Fsp3) is 0.541. The Morgan fingerprint density at radius 3 is 0.256 bits per heavy atom. The Hall–Kier alpha value is -15.0. The number of amides is 28. The second-order valence-electron chi connectivity index (χ2n) is 24.1. The number of carbonyl (C=O) groups excluding carboxylic acids is 28. The van der Waals surface area contributed by atoms with Gasteiger partial charge in [-0.25, -0.2) is 0 Å². The van der Waals surface area contributed by atoms with Crippen LogP contribution < -0.4 is 172 Å². The van der Waals surface area contributed by atoms with Crippen molar-refractivity contribution >= 4 is 165 Å². The lowest BCUT2D eigenvalue weighted by molar-refractivity contribution is -0.129. The summed E-state index contributed by atoms with van der Waals surface area (Å²) in [6.07, 6.45) is 0. The lowest BCUT2D eigenvalue weighted by atomic mass is 9.86. The number of nitrogens with one attached hydrogen (secondary N) is 28. The third-order valence-corrected chi connectivity index (χ3v) is 14.1. The Labute approximate surface area is 684 Å². The second kappa shape index (κ2) is 62.3. The Balaban J connectivity index is 6.43. The molecule has 0 bridgehead atoms. The fourth-order valence-corrected chi connectivity index (χ4v) is 7.60. The molecular formula is C61H100N32O28. The molecule has 0 aromatic rings. The zero-order chi connectivity index (χ0) is 91.1.